The average Bonchev–Trinajstić information content (AvgIpc) is 2.15. The molecule has 0 amide bonds. The third-order valence-corrected chi connectivity index (χ3v) is 2.21. The first-order chi connectivity index (χ1) is 6.38. The molecule has 8 heteroatoms. The van der Waals surface area contributed by atoms with Gasteiger partial charge in [-0.15, -0.1) is 0 Å². The summed E-state index contributed by atoms with van der Waals surface area (Å²) in [7, 11) is 4.40. The Labute approximate surface area is 83.7 Å². The SMILES string of the molecule is FC1=CC(F)(O[Si])C(F)(O[Si])C=C1F. The van der Waals surface area contributed by atoms with Crippen molar-refractivity contribution in [3.05, 3.63) is 23.8 Å². The van der Waals surface area contributed by atoms with Gasteiger partial charge in [0, 0.05) is 12.2 Å². The predicted octanol–water partition coefficient (Wildman–Crippen LogP) is 1.24. The van der Waals surface area contributed by atoms with Gasteiger partial charge in [-0.1, -0.05) is 0 Å². The van der Waals surface area contributed by atoms with Crippen molar-refractivity contribution >= 4 is 21.0 Å². The van der Waals surface area contributed by atoms with Gasteiger partial charge in [0.1, 0.15) is 0 Å². The van der Waals surface area contributed by atoms with Crippen molar-refractivity contribution < 1.29 is 26.4 Å². The first-order valence-corrected chi connectivity index (χ1v) is 4.04. The summed E-state index contributed by atoms with van der Waals surface area (Å²) in [4.78, 5) is 0. The molecule has 2 nitrogen and oxygen atoms in total. The molecule has 1 rings (SSSR count). The average molecular weight is 238 g/mol. The van der Waals surface area contributed by atoms with Crippen LogP contribution in [0.3, 0.4) is 0 Å². The molecule has 14 heavy (non-hydrogen) atoms. The molecule has 0 spiro atoms. The fraction of sp³-hybridized carbons (Fsp3) is 0.333. The lowest BCUT2D eigenvalue weighted by Gasteiger charge is -2.34. The van der Waals surface area contributed by atoms with Crippen molar-refractivity contribution in [3.8, 4) is 0 Å². The van der Waals surface area contributed by atoms with E-state index in [0.717, 1.165) is 0 Å². The summed E-state index contributed by atoms with van der Waals surface area (Å²) in [6.45, 7) is 0. The first kappa shape index (κ1) is 11.6. The van der Waals surface area contributed by atoms with Gasteiger partial charge in [-0.25, -0.2) is 17.6 Å². The number of hydrogen-bond acceptors (Lipinski definition) is 2. The molecule has 1 aliphatic carbocycles. The van der Waals surface area contributed by atoms with E-state index in [4.69, 9.17) is 0 Å². The van der Waals surface area contributed by atoms with Crippen molar-refractivity contribution in [3.63, 3.8) is 0 Å². The minimum absolute atomic E-state index is 0.0323. The molecule has 2 atom stereocenters. The lowest BCUT2D eigenvalue weighted by Crippen LogP contribution is -2.50. The lowest BCUT2D eigenvalue weighted by atomic mass is 10.0. The van der Waals surface area contributed by atoms with Crippen LogP contribution >= 0.6 is 0 Å². The molecule has 6 radical (unpaired) electrons. The molecule has 0 saturated carbocycles. The summed E-state index contributed by atoms with van der Waals surface area (Å²) in [6.07, 6.45) is -0.0645. The van der Waals surface area contributed by atoms with Gasteiger partial charge in [0.2, 0.25) is 0 Å². The van der Waals surface area contributed by atoms with Crippen molar-refractivity contribution in [1.29, 1.82) is 0 Å². The molecule has 0 aliphatic heterocycles. The molecule has 2 unspecified atom stereocenters. The van der Waals surface area contributed by atoms with E-state index in [-0.39, 0.29) is 12.2 Å². The number of alkyl halides is 2. The minimum Gasteiger partial charge on any atom is -0.381 e. The highest BCUT2D eigenvalue weighted by Gasteiger charge is 2.55. The summed E-state index contributed by atoms with van der Waals surface area (Å²) in [6, 6.07) is 0. The third kappa shape index (κ3) is 1.58. The van der Waals surface area contributed by atoms with Crippen LogP contribution in [0.1, 0.15) is 0 Å². The maximum absolute atomic E-state index is 13.4. The number of rotatable bonds is 2. The highest BCUT2D eigenvalue weighted by molar-refractivity contribution is 5.99. The van der Waals surface area contributed by atoms with Crippen LogP contribution in [0.5, 0.6) is 0 Å². The Morgan fingerprint density at radius 2 is 1.21 bits per heavy atom. The Morgan fingerprint density at radius 3 is 1.43 bits per heavy atom. The van der Waals surface area contributed by atoms with Crippen molar-refractivity contribution in [2.75, 3.05) is 0 Å². The molecule has 0 aromatic heterocycles. The van der Waals surface area contributed by atoms with Crippen molar-refractivity contribution in [1.82, 2.24) is 0 Å². The molecular weight excluding hydrogens is 236 g/mol. The first-order valence-electron chi connectivity index (χ1n) is 3.23. The second-order valence-electron chi connectivity index (χ2n) is 2.48. The van der Waals surface area contributed by atoms with Crippen molar-refractivity contribution in [2.24, 2.45) is 0 Å². The fourth-order valence-electron chi connectivity index (χ4n) is 0.859. The van der Waals surface area contributed by atoms with E-state index in [1.807, 2.05) is 0 Å². The smallest absolute Gasteiger partial charge is 0.284 e. The second kappa shape index (κ2) is 3.61. The highest BCUT2D eigenvalue weighted by Crippen LogP contribution is 2.41. The number of allylic oxidation sites excluding steroid dienone is 2. The summed E-state index contributed by atoms with van der Waals surface area (Å²) < 4.78 is 59.8. The predicted molar refractivity (Wildman–Crippen MR) is 39.7 cm³/mol. The van der Waals surface area contributed by atoms with E-state index < -0.39 is 23.4 Å². The molecule has 0 saturated heterocycles. The Kier molecular flexibility index (Phi) is 3.00. The van der Waals surface area contributed by atoms with Gasteiger partial charge in [0.05, 0.1) is 0 Å². The zero-order valence-corrected chi connectivity index (χ0v) is 8.48. The molecule has 1 aliphatic rings. The number of halogens is 4. The standard InChI is InChI=1S/C6H2F4O2Si2/c7-3-1-5(9,11-13)6(10,12-14)2-4(3)8/h1-2H. The van der Waals surface area contributed by atoms with E-state index in [1.165, 1.54) is 0 Å². The summed E-state index contributed by atoms with van der Waals surface area (Å²) in [5.41, 5.74) is 0. The van der Waals surface area contributed by atoms with Crippen LogP contribution in [0, 0.1) is 0 Å². The highest BCUT2D eigenvalue weighted by atomic mass is 28.2. The van der Waals surface area contributed by atoms with E-state index in [9.17, 15) is 17.6 Å². The molecule has 0 aromatic carbocycles. The van der Waals surface area contributed by atoms with Gasteiger partial charge in [-0.05, 0) is 0 Å². The van der Waals surface area contributed by atoms with E-state index in [2.05, 4.69) is 29.8 Å². The third-order valence-electron chi connectivity index (χ3n) is 1.61. The van der Waals surface area contributed by atoms with Crippen LogP contribution in [0.4, 0.5) is 17.6 Å². The van der Waals surface area contributed by atoms with Gasteiger partial charge < -0.3 is 8.85 Å². The lowest BCUT2D eigenvalue weighted by molar-refractivity contribution is -0.206. The quantitative estimate of drug-likeness (QED) is 0.532. The Bertz CT molecular complexity index is 278. The van der Waals surface area contributed by atoms with E-state index in [1.54, 1.807) is 0 Å². The molecule has 0 bridgehead atoms. The minimum atomic E-state index is -3.30. The Balaban J connectivity index is 3.20. The van der Waals surface area contributed by atoms with Gasteiger partial charge in [-0.3, -0.25) is 0 Å². The van der Waals surface area contributed by atoms with Gasteiger partial charge in [-0.2, -0.15) is 0 Å². The van der Waals surface area contributed by atoms with E-state index in [0.29, 0.717) is 0 Å². The van der Waals surface area contributed by atoms with Gasteiger partial charge >= 0.3 is 0 Å². The maximum atomic E-state index is 13.4. The molecule has 0 heterocycles. The molecule has 0 fully saturated rings. The zero-order chi connectivity index (χ0) is 11.0. The summed E-state index contributed by atoms with van der Waals surface area (Å²) in [5, 5.41) is 0. The largest absolute Gasteiger partial charge is 0.381 e. The van der Waals surface area contributed by atoms with Crippen LogP contribution in [0.25, 0.3) is 0 Å². The van der Waals surface area contributed by atoms with E-state index >= 15 is 0 Å². The molecular formula is C6H2F4O2Si2. The van der Waals surface area contributed by atoms with Crippen LogP contribution in [-0.2, 0) is 8.85 Å². The normalized spacial score (nSPS) is 37.9. The van der Waals surface area contributed by atoms with Crippen LogP contribution in [0.15, 0.2) is 23.8 Å². The van der Waals surface area contributed by atoms with Gasteiger partial charge in [0.25, 0.3) is 32.7 Å². The topological polar surface area (TPSA) is 18.5 Å². The van der Waals surface area contributed by atoms with Crippen LogP contribution < -0.4 is 0 Å². The Morgan fingerprint density at radius 1 is 0.929 bits per heavy atom. The molecule has 0 aromatic rings. The molecule has 0 N–H and O–H groups in total. The number of hydrogen-bond donors (Lipinski definition) is 0. The Hall–Kier alpha value is -0.446. The van der Waals surface area contributed by atoms with Crippen LogP contribution in [-0.4, -0.2) is 32.7 Å². The van der Waals surface area contributed by atoms with Crippen molar-refractivity contribution in [2.45, 2.75) is 11.7 Å². The monoisotopic (exact) mass is 238 g/mol. The summed E-state index contributed by atoms with van der Waals surface area (Å²) >= 11 is 0. The fourth-order valence-corrected chi connectivity index (χ4v) is 1.25. The maximum Gasteiger partial charge on any atom is 0.284 e. The molecule has 74 valence electrons. The zero-order valence-electron chi connectivity index (χ0n) is 6.48. The van der Waals surface area contributed by atoms with Gasteiger partial charge in [0.15, 0.2) is 11.7 Å². The second-order valence-corrected chi connectivity index (χ2v) is 2.89. The summed E-state index contributed by atoms with van der Waals surface area (Å²) in [5.74, 6) is -9.76. The van der Waals surface area contributed by atoms with Crippen LogP contribution in [0.2, 0.25) is 0 Å².